The molecule has 4 rings (SSSR count). The van der Waals surface area contributed by atoms with Gasteiger partial charge in [-0.3, -0.25) is 19.8 Å². The number of para-hydroxylation sites is 1. The number of amides is 2. The lowest BCUT2D eigenvalue weighted by Crippen LogP contribution is -2.54. The third kappa shape index (κ3) is 4.25. The molecule has 0 atom stereocenters. The Morgan fingerprint density at radius 3 is 2.65 bits per heavy atom. The van der Waals surface area contributed by atoms with E-state index in [1.54, 1.807) is 13.2 Å². The van der Waals surface area contributed by atoms with Gasteiger partial charge in [0.1, 0.15) is 5.57 Å². The van der Waals surface area contributed by atoms with Gasteiger partial charge >= 0.3 is 0 Å². The third-order valence-corrected chi connectivity index (χ3v) is 5.81. The molecule has 1 fully saturated rings. The molecule has 1 aliphatic rings. The Bertz CT molecular complexity index is 1220. The van der Waals surface area contributed by atoms with E-state index in [0.717, 1.165) is 22.0 Å². The van der Waals surface area contributed by atoms with Crippen LogP contribution in [0.4, 0.5) is 0 Å². The van der Waals surface area contributed by atoms with Gasteiger partial charge in [0.05, 0.1) is 13.2 Å². The highest BCUT2D eigenvalue weighted by atomic mass is 35.5. The van der Waals surface area contributed by atoms with Crippen LogP contribution in [0.3, 0.4) is 0 Å². The largest absolute Gasteiger partial charge is 0.383 e. The average Bonchev–Trinajstić information content (AvgIpc) is 3.10. The summed E-state index contributed by atoms with van der Waals surface area (Å²) in [5.74, 6) is -0.944. The number of hydrogen-bond donors (Lipinski definition) is 1. The number of nitrogens with one attached hydrogen (secondary N) is 1. The zero-order chi connectivity index (χ0) is 22.0. The standard InChI is InChI=1S/C23H20ClN3O3S/c1-30-11-10-27-22(29)18(21(28)25-23(27)31)12-16-14-26(20-9-5-3-7-17(16)20)13-15-6-2-4-8-19(15)24/h2-9,12,14H,10-11,13H2,1H3,(H,25,28,31)/b18-12+. The maximum absolute atomic E-state index is 13.0. The second kappa shape index (κ2) is 9.01. The molecule has 31 heavy (non-hydrogen) atoms. The third-order valence-electron chi connectivity index (χ3n) is 5.12. The topological polar surface area (TPSA) is 63.6 Å². The van der Waals surface area contributed by atoms with Crippen LogP contribution in [0.5, 0.6) is 0 Å². The van der Waals surface area contributed by atoms with Crippen LogP contribution in [-0.2, 0) is 20.9 Å². The van der Waals surface area contributed by atoms with Crippen LogP contribution in [0, 0.1) is 0 Å². The number of thiocarbonyl (C=S) groups is 1. The lowest BCUT2D eigenvalue weighted by atomic mass is 10.1. The van der Waals surface area contributed by atoms with Crippen LogP contribution in [0.1, 0.15) is 11.1 Å². The quantitative estimate of drug-likeness (QED) is 0.352. The van der Waals surface area contributed by atoms with E-state index >= 15 is 0 Å². The fraction of sp³-hybridized carbons (Fsp3) is 0.174. The van der Waals surface area contributed by atoms with E-state index in [1.807, 2.05) is 54.7 Å². The minimum atomic E-state index is -0.508. The minimum absolute atomic E-state index is 0.0327. The lowest BCUT2D eigenvalue weighted by molar-refractivity contribution is -0.129. The fourth-order valence-corrected chi connectivity index (χ4v) is 4.03. The molecule has 3 aromatic rings. The molecule has 0 saturated carbocycles. The van der Waals surface area contributed by atoms with Gasteiger partial charge in [0.15, 0.2) is 5.11 Å². The molecule has 2 aromatic carbocycles. The maximum Gasteiger partial charge on any atom is 0.265 e. The number of hydrogen-bond acceptors (Lipinski definition) is 4. The van der Waals surface area contributed by atoms with E-state index in [-0.39, 0.29) is 17.2 Å². The van der Waals surface area contributed by atoms with Gasteiger partial charge in [-0.05, 0) is 36.0 Å². The molecule has 0 radical (unpaired) electrons. The van der Waals surface area contributed by atoms with Crippen molar-refractivity contribution in [2.45, 2.75) is 6.54 Å². The van der Waals surface area contributed by atoms with Crippen molar-refractivity contribution in [2.24, 2.45) is 0 Å². The monoisotopic (exact) mass is 453 g/mol. The van der Waals surface area contributed by atoms with E-state index in [4.69, 9.17) is 28.6 Å². The number of carbonyl (C=O) groups is 2. The van der Waals surface area contributed by atoms with Crippen molar-refractivity contribution in [1.29, 1.82) is 0 Å². The molecule has 6 nitrogen and oxygen atoms in total. The Morgan fingerprint density at radius 1 is 1.13 bits per heavy atom. The van der Waals surface area contributed by atoms with Crippen LogP contribution in [-0.4, -0.2) is 46.7 Å². The normalized spacial score (nSPS) is 15.7. The molecule has 2 heterocycles. The lowest BCUT2D eigenvalue weighted by Gasteiger charge is -2.28. The zero-order valence-corrected chi connectivity index (χ0v) is 18.4. The zero-order valence-electron chi connectivity index (χ0n) is 16.8. The number of benzene rings is 2. The van der Waals surface area contributed by atoms with Crippen LogP contribution in [0.2, 0.25) is 5.02 Å². The first-order valence-electron chi connectivity index (χ1n) is 9.68. The summed E-state index contributed by atoms with van der Waals surface area (Å²) in [4.78, 5) is 26.9. The summed E-state index contributed by atoms with van der Waals surface area (Å²) >= 11 is 11.5. The smallest absolute Gasteiger partial charge is 0.265 e. The van der Waals surface area contributed by atoms with Crippen LogP contribution in [0.25, 0.3) is 17.0 Å². The predicted molar refractivity (Wildman–Crippen MR) is 125 cm³/mol. The van der Waals surface area contributed by atoms with Gasteiger partial charge in [-0.2, -0.15) is 0 Å². The van der Waals surface area contributed by atoms with E-state index in [9.17, 15) is 9.59 Å². The maximum atomic E-state index is 13.0. The van der Waals surface area contributed by atoms with E-state index in [2.05, 4.69) is 9.88 Å². The summed E-state index contributed by atoms with van der Waals surface area (Å²) in [5.41, 5.74) is 2.75. The Balaban J connectivity index is 1.75. The number of fused-ring (bicyclic) bond motifs is 1. The number of ether oxygens (including phenoxy) is 1. The molecular weight excluding hydrogens is 434 g/mol. The van der Waals surface area contributed by atoms with E-state index < -0.39 is 11.8 Å². The molecule has 0 aliphatic carbocycles. The first kappa shape index (κ1) is 21.2. The molecule has 1 aliphatic heterocycles. The summed E-state index contributed by atoms with van der Waals surface area (Å²) in [7, 11) is 1.54. The molecule has 158 valence electrons. The summed E-state index contributed by atoms with van der Waals surface area (Å²) in [6, 6.07) is 15.5. The van der Waals surface area contributed by atoms with E-state index in [0.29, 0.717) is 18.2 Å². The predicted octanol–water partition coefficient (Wildman–Crippen LogP) is 3.62. The van der Waals surface area contributed by atoms with Crippen LogP contribution >= 0.6 is 23.8 Å². The molecule has 0 bridgehead atoms. The Kier molecular flexibility index (Phi) is 6.18. The second-order valence-electron chi connectivity index (χ2n) is 7.09. The van der Waals surface area contributed by atoms with Crippen molar-refractivity contribution < 1.29 is 14.3 Å². The van der Waals surface area contributed by atoms with Gasteiger partial charge in [-0.25, -0.2) is 0 Å². The second-order valence-corrected chi connectivity index (χ2v) is 7.88. The number of aromatic nitrogens is 1. The highest BCUT2D eigenvalue weighted by Gasteiger charge is 2.33. The van der Waals surface area contributed by atoms with Gasteiger partial charge in [0.2, 0.25) is 0 Å². The van der Waals surface area contributed by atoms with Gasteiger partial charge in [0.25, 0.3) is 11.8 Å². The van der Waals surface area contributed by atoms with Gasteiger partial charge in [-0.1, -0.05) is 48.0 Å². The molecule has 1 saturated heterocycles. The van der Waals surface area contributed by atoms with Crippen molar-refractivity contribution in [1.82, 2.24) is 14.8 Å². The molecule has 8 heteroatoms. The Hall–Kier alpha value is -3.00. The number of rotatable bonds is 6. The Morgan fingerprint density at radius 2 is 1.87 bits per heavy atom. The minimum Gasteiger partial charge on any atom is -0.383 e. The highest BCUT2D eigenvalue weighted by Crippen LogP contribution is 2.27. The number of halogens is 1. The summed E-state index contributed by atoms with van der Waals surface area (Å²) in [6.07, 6.45) is 3.54. The van der Waals surface area contributed by atoms with Crippen molar-refractivity contribution >= 4 is 57.7 Å². The fourth-order valence-electron chi connectivity index (χ4n) is 3.57. The molecule has 0 spiro atoms. The SMILES string of the molecule is COCCN1C(=O)/C(=C/c2cn(Cc3ccccc3Cl)c3ccccc23)C(=O)NC1=S. The van der Waals surface area contributed by atoms with Crippen molar-refractivity contribution in [3.8, 4) is 0 Å². The number of carbonyl (C=O) groups excluding carboxylic acids is 2. The molecule has 1 N–H and O–H groups in total. The van der Waals surface area contributed by atoms with Crippen molar-refractivity contribution in [3.63, 3.8) is 0 Å². The number of nitrogens with zero attached hydrogens (tertiary/aromatic N) is 2. The van der Waals surface area contributed by atoms with Crippen molar-refractivity contribution in [3.05, 3.63) is 76.5 Å². The first-order valence-corrected chi connectivity index (χ1v) is 10.5. The summed E-state index contributed by atoms with van der Waals surface area (Å²) in [6.45, 7) is 1.14. The van der Waals surface area contributed by atoms with Gasteiger partial charge < -0.3 is 9.30 Å². The number of methoxy groups -OCH3 is 1. The van der Waals surface area contributed by atoms with Gasteiger partial charge in [0, 0.05) is 41.3 Å². The van der Waals surface area contributed by atoms with E-state index in [1.165, 1.54) is 4.90 Å². The van der Waals surface area contributed by atoms with Gasteiger partial charge in [-0.15, -0.1) is 0 Å². The molecule has 0 unspecified atom stereocenters. The highest BCUT2D eigenvalue weighted by molar-refractivity contribution is 7.80. The molecule has 2 amide bonds. The first-order chi connectivity index (χ1) is 15.0. The average molecular weight is 454 g/mol. The summed E-state index contributed by atoms with van der Waals surface area (Å²) in [5, 5.41) is 4.29. The summed E-state index contributed by atoms with van der Waals surface area (Å²) < 4.78 is 7.11. The van der Waals surface area contributed by atoms with Crippen LogP contribution < -0.4 is 5.32 Å². The molecule has 1 aromatic heterocycles. The van der Waals surface area contributed by atoms with Crippen LogP contribution in [0.15, 0.2) is 60.3 Å². The molecular formula is C23H20ClN3O3S. The Labute approximate surface area is 190 Å². The van der Waals surface area contributed by atoms with Crippen molar-refractivity contribution in [2.75, 3.05) is 20.3 Å².